The fourth-order valence-electron chi connectivity index (χ4n) is 1.51. The maximum atomic E-state index is 14.5. The van der Waals surface area contributed by atoms with Crippen molar-refractivity contribution in [3.63, 3.8) is 0 Å². The molecule has 0 saturated heterocycles. The van der Waals surface area contributed by atoms with E-state index < -0.39 is 12.1 Å². The van der Waals surface area contributed by atoms with Crippen LogP contribution in [0.4, 0.5) is 8.78 Å². The summed E-state index contributed by atoms with van der Waals surface area (Å²) < 4.78 is 28.6. The molecule has 0 aliphatic heterocycles. The average molecular weight is 313 g/mol. The van der Waals surface area contributed by atoms with Crippen LogP contribution in [0.5, 0.6) is 0 Å². The van der Waals surface area contributed by atoms with Crippen molar-refractivity contribution in [2.75, 3.05) is 6.61 Å². The second kappa shape index (κ2) is 6.94. The van der Waals surface area contributed by atoms with E-state index in [4.69, 9.17) is 16.4 Å². The van der Waals surface area contributed by atoms with Crippen LogP contribution < -0.4 is 0 Å². The first-order valence-corrected chi connectivity index (χ1v) is 6.25. The van der Waals surface area contributed by atoms with Crippen LogP contribution in [0.1, 0.15) is 11.9 Å². The van der Waals surface area contributed by atoms with Crippen molar-refractivity contribution >= 4 is 17.3 Å². The van der Waals surface area contributed by atoms with E-state index in [1.54, 1.807) is 0 Å². The largest absolute Gasteiger partial charge is 0.391 e. The average Bonchev–Trinajstić information content (AvgIpc) is 3.00. The van der Waals surface area contributed by atoms with Gasteiger partial charge in [-0.1, -0.05) is 29.4 Å². The molecule has 110 valence electrons. The number of benzene rings is 1. The molecule has 1 atom stereocenters. The number of hydrogen-bond acceptors (Lipinski definition) is 4. The fourth-order valence-corrected chi connectivity index (χ4v) is 1.69. The molecule has 1 unspecified atom stereocenters. The Hall–Kier alpha value is -2.28. The summed E-state index contributed by atoms with van der Waals surface area (Å²) in [5, 5.41) is 7.27. The second-order valence-electron chi connectivity index (χ2n) is 3.90. The highest BCUT2D eigenvalue weighted by Crippen LogP contribution is 2.21. The SMILES string of the molecule is C=CCON=C(c1ccc(F)c(Cl)c1)C(F)n1cncn1. The molecule has 0 radical (unpaired) electrons. The molecule has 2 aromatic rings. The van der Waals surface area contributed by atoms with Gasteiger partial charge in [-0.25, -0.2) is 18.4 Å². The van der Waals surface area contributed by atoms with E-state index in [0.29, 0.717) is 0 Å². The summed E-state index contributed by atoms with van der Waals surface area (Å²) in [4.78, 5) is 8.58. The number of aromatic nitrogens is 3. The maximum Gasteiger partial charge on any atom is 0.239 e. The lowest BCUT2D eigenvalue weighted by Gasteiger charge is -2.12. The molecule has 1 heterocycles. The summed E-state index contributed by atoms with van der Waals surface area (Å²) in [6, 6.07) is 3.73. The van der Waals surface area contributed by atoms with Crippen molar-refractivity contribution < 1.29 is 13.6 Å². The summed E-state index contributed by atoms with van der Waals surface area (Å²) in [5.74, 6) is -0.608. The molecule has 0 saturated carbocycles. The zero-order valence-corrected chi connectivity index (χ0v) is 11.5. The molecule has 2 rings (SSSR count). The molecule has 8 heteroatoms. The summed E-state index contributed by atoms with van der Waals surface area (Å²) >= 11 is 5.70. The highest BCUT2D eigenvalue weighted by Gasteiger charge is 2.21. The van der Waals surface area contributed by atoms with Crippen LogP contribution in [-0.4, -0.2) is 27.1 Å². The van der Waals surface area contributed by atoms with Crippen LogP contribution in [0.2, 0.25) is 5.02 Å². The molecule has 0 spiro atoms. The molecule has 21 heavy (non-hydrogen) atoms. The molecular weight excluding hydrogens is 302 g/mol. The zero-order chi connectivity index (χ0) is 15.2. The van der Waals surface area contributed by atoms with Crippen molar-refractivity contribution in [3.05, 3.63) is 59.9 Å². The summed E-state index contributed by atoms with van der Waals surface area (Å²) in [6.07, 6.45) is 2.09. The van der Waals surface area contributed by atoms with Crippen LogP contribution in [0.25, 0.3) is 0 Å². The van der Waals surface area contributed by atoms with Gasteiger partial charge in [0, 0.05) is 5.56 Å². The number of nitrogens with zero attached hydrogens (tertiary/aromatic N) is 4. The van der Waals surface area contributed by atoms with Gasteiger partial charge in [-0.3, -0.25) is 0 Å². The predicted molar refractivity (Wildman–Crippen MR) is 74.3 cm³/mol. The lowest BCUT2D eigenvalue weighted by atomic mass is 10.1. The van der Waals surface area contributed by atoms with Crippen molar-refractivity contribution in [2.45, 2.75) is 6.30 Å². The van der Waals surface area contributed by atoms with Gasteiger partial charge in [0.2, 0.25) is 6.30 Å². The van der Waals surface area contributed by atoms with Gasteiger partial charge in [0.05, 0.1) is 5.02 Å². The van der Waals surface area contributed by atoms with Crippen LogP contribution in [0, 0.1) is 5.82 Å². The van der Waals surface area contributed by atoms with Crippen LogP contribution in [-0.2, 0) is 4.84 Å². The Morgan fingerprint density at radius 2 is 2.38 bits per heavy atom. The Morgan fingerprint density at radius 3 is 3.00 bits per heavy atom. The molecule has 0 amide bonds. The van der Waals surface area contributed by atoms with Crippen molar-refractivity contribution in [1.82, 2.24) is 14.8 Å². The van der Waals surface area contributed by atoms with E-state index in [9.17, 15) is 8.78 Å². The highest BCUT2D eigenvalue weighted by molar-refractivity contribution is 6.31. The second-order valence-corrected chi connectivity index (χ2v) is 4.31. The molecule has 1 aromatic carbocycles. The van der Waals surface area contributed by atoms with Gasteiger partial charge in [0.1, 0.15) is 30.8 Å². The van der Waals surface area contributed by atoms with Crippen LogP contribution >= 0.6 is 11.6 Å². The first-order chi connectivity index (χ1) is 10.1. The molecule has 5 nitrogen and oxygen atoms in total. The quantitative estimate of drug-likeness (QED) is 0.356. The highest BCUT2D eigenvalue weighted by atomic mass is 35.5. The van der Waals surface area contributed by atoms with E-state index in [0.717, 1.165) is 10.7 Å². The molecule has 1 aromatic heterocycles. The molecule has 0 fully saturated rings. The van der Waals surface area contributed by atoms with E-state index in [-0.39, 0.29) is 22.9 Å². The normalized spacial score (nSPS) is 13.0. The Kier molecular flexibility index (Phi) is 4.99. The fraction of sp³-hybridized carbons (Fsp3) is 0.154. The summed E-state index contributed by atoms with van der Waals surface area (Å²) in [5.41, 5.74) is 0.165. The van der Waals surface area contributed by atoms with Gasteiger partial charge in [-0.15, -0.1) is 0 Å². The maximum absolute atomic E-state index is 14.5. The zero-order valence-electron chi connectivity index (χ0n) is 10.8. The molecule has 0 aliphatic carbocycles. The minimum atomic E-state index is -1.75. The lowest BCUT2D eigenvalue weighted by Crippen LogP contribution is -2.18. The molecular formula is C13H11ClF2N4O. The van der Waals surface area contributed by atoms with Gasteiger partial charge in [-0.2, -0.15) is 5.10 Å². The first-order valence-electron chi connectivity index (χ1n) is 5.88. The van der Waals surface area contributed by atoms with Gasteiger partial charge in [0.15, 0.2) is 0 Å². The summed E-state index contributed by atoms with van der Waals surface area (Å²) in [6.45, 7) is 3.56. The van der Waals surface area contributed by atoms with E-state index in [1.165, 1.54) is 30.9 Å². The number of alkyl halides is 1. The topological polar surface area (TPSA) is 52.3 Å². The third-order valence-corrected chi connectivity index (χ3v) is 2.75. The molecule has 0 N–H and O–H groups in total. The van der Waals surface area contributed by atoms with Crippen LogP contribution in [0.3, 0.4) is 0 Å². The minimum absolute atomic E-state index is 0.0997. The monoisotopic (exact) mass is 312 g/mol. The number of hydrogen-bond donors (Lipinski definition) is 0. The van der Waals surface area contributed by atoms with Crippen LogP contribution in [0.15, 0.2) is 48.7 Å². The summed E-state index contributed by atoms with van der Waals surface area (Å²) in [7, 11) is 0. The lowest BCUT2D eigenvalue weighted by molar-refractivity contribution is 0.168. The number of rotatable bonds is 6. The smallest absolute Gasteiger partial charge is 0.239 e. The van der Waals surface area contributed by atoms with Gasteiger partial charge in [-0.05, 0) is 18.2 Å². The Balaban J connectivity index is 2.37. The predicted octanol–water partition coefficient (Wildman–Crippen LogP) is 3.15. The third-order valence-electron chi connectivity index (χ3n) is 2.47. The Morgan fingerprint density at radius 1 is 1.57 bits per heavy atom. The van der Waals surface area contributed by atoms with E-state index in [2.05, 4.69) is 21.8 Å². The molecule has 0 bridgehead atoms. The van der Waals surface area contributed by atoms with Crippen molar-refractivity contribution in [2.24, 2.45) is 5.16 Å². The van der Waals surface area contributed by atoms with Crippen molar-refractivity contribution in [3.8, 4) is 0 Å². The first kappa shape index (κ1) is 15.1. The van der Waals surface area contributed by atoms with Gasteiger partial charge in [0.25, 0.3) is 0 Å². The standard InChI is InChI=1S/C13H11ClF2N4O/c1-2-5-21-19-12(13(16)20-8-17-7-18-20)9-3-4-11(15)10(14)6-9/h2-4,6-8,13H,1,5H2. The number of halogens is 3. The number of oxime groups is 1. The van der Waals surface area contributed by atoms with Crippen molar-refractivity contribution in [1.29, 1.82) is 0 Å². The van der Waals surface area contributed by atoms with Gasteiger partial charge < -0.3 is 4.84 Å². The molecule has 0 aliphatic rings. The Bertz CT molecular complexity index is 646. The van der Waals surface area contributed by atoms with E-state index >= 15 is 0 Å². The van der Waals surface area contributed by atoms with Gasteiger partial charge >= 0.3 is 0 Å². The minimum Gasteiger partial charge on any atom is -0.391 e. The van der Waals surface area contributed by atoms with E-state index in [1.807, 2.05) is 0 Å². The third kappa shape index (κ3) is 3.63. The Labute approximate surface area is 124 Å².